The van der Waals surface area contributed by atoms with Crippen LogP contribution in [0, 0.1) is 0 Å². The van der Waals surface area contributed by atoms with Crippen molar-refractivity contribution in [3.05, 3.63) is 60.2 Å². The first-order chi connectivity index (χ1) is 10.8. The minimum absolute atomic E-state index is 0.0234. The van der Waals surface area contributed by atoms with Crippen molar-refractivity contribution in [1.82, 2.24) is 0 Å². The van der Waals surface area contributed by atoms with E-state index in [0.717, 1.165) is 17.0 Å². The van der Waals surface area contributed by atoms with E-state index in [2.05, 4.69) is 0 Å². The summed E-state index contributed by atoms with van der Waals surface area (Å²) < 4.78 is 5.58. The topological polar surface area (TPSA) is 49.8 Å². The molecule has 22 heavy (non-hydrogen) atoms. The third kappa shape index (κ3) is 3.12. The van der Waals surface area contributed by atoms with Gasteiger partial charge in [-0.25, -0.2) is 0 Å². The summed E-state index contributed by atoms with van der Waals surface area (Å²) in [6, 6.07) is 17.0. The molecule has 0 fully saturated rings. The van der Waals surface area contributed by atoms with Crippen molar-refractivity contribution >= 4 is 11.6 Å². The Hall–Kier alpha value is -2.33. The lowest BCUT2D eigenvalue weighted by molar-refractivity contribution is -0.119. The maximum absolute atomic E-state index is 12.4. The molecule has 2 aromatic carbocycles. The van der Waals surface area contributed by atoms with Gasteiger partial charge in [0, 0.05) is 17.8 Å². The number of rotatable bonds is 4. The number of hydrogen-bond acceptors (Lipinski definition) is 3. The highest BCUT2D eigenvalue weighted by molar-refractivity contribution is 5.94. The van der Waals surface area contributed by atoms with E-state index in [0.29, 0.717) is 26.0 Å². The molecule has 0 radical (unpaired) electrons. The Morgan fingerprint density at radius 3 is 2.68 bits per heavy atom. The van der Waals surface area contributed by atoms with Crippen LogP contribution in [0.15, 0.2) is 54.6 Å². The largest absolute Gasteiger partial charge is 0.493 e. The molecular weight excluding hydrogens is 278 g/mol. The van der Waals surface area contributed by atoms with E-state index < -0.39 is 6.10 Å². The Kier molecular flexibility index (Phi) is 4.39. The van der Waals surface area contributed by atoms with Crippen molar-refractivity contribution < 1.29 is 14.6 Å². The summed E-state index contributed by atoms with van der Waals surface area (Å²) in [5.74, 6) is 0.792. The van der Waals surface area contributed by atoms with E-state index in [1.807, 2.05) is 54.6 Å². The maximum Gasteiger partial charge on any atom is 0.230 e. The molecule has 1 aliphatic heterocycles. The van der Waals surface area contributed by atoms with Gasteiger partial charge in [-0.15, -0.1) is 0 Å². The zero-order valence-corrected chi connectivity index (χ0v) is 12.3. The fourth-order valence-electron chi connectivity index (χ4n) is 2.71. The van der Waals surface area contributed by atoms with Crippen LogP contribution in [0.1, 0.15) is 24.5 Å². The monoisotopic (exact) mass is 297 g/mol. The van der Waals surface area contributed by atoms with Crippen LogP contribution < -0.4 is 9.64 Å². The number of amides is 1. The molecule has 0 saturated heterocycles. The second kappa shape index (κ2) is 6.62. The van der Waals surface area contributed by atoms with Gasteiger partial charge in [-0.3, -0.25) is 4.79 Å². The van der Waals surface area contributed by atoms with Crippen LogP contribution in [0.2, 0.25) is 0 Å². The minimum Gasteiger partial charge on any atom is -0.493 e. The Bertz CT molecular complexity index is 642. The number of carbonyl (C=O) groups is 1. The van der Waals surface area contributed by atoms with Gasteiger partial charge < -0.3 is 14.7 Å². The number of aliphatic hydroxyl groups excluding tert-OH is 1. The Balaban J connectivity index is 1.62. The first-order valence-electron chi connectivity index (χ1n) is 7.51. The predicted molar refractivity (Wildman–Crippen MR) is 84.9 cm³/mol. The maximum atomic E-state index is 12.4. The lowest BCUT2D eigenvalue weighted by Crippen LogP contribution is -2.37. The zero-order valence-electron chi connectivity index (χ0n) is 12.3. The van der Waals surface area contributed by atoms with E-state index in [1.54, 1.807) is 4.90 Å². The molecule has 0 bridgehead atoms. The van der Waals surface area contributed by atoms with Crippen LogP contribution >= 0.6 is 0 Å². The first kappa shape index (κ1) is 14.6. The lowest BCUT2D eigenvalue weighted by atomic mass is 9.98. The lowest BCUT2D eigenvalue weighted by Gasteiger charge is -2.32. The van der Waals surface area contributed by atoms with Gasteiger partial charge in [-0.1, -0.05) is 36.4 Å². The number of carbonyl (C=O) groups excluding carboxylic acids is 1. The van der Waals surface area contributed by atoms with Crippen molar-refractivity contribution in [2.45, 2.75) is 18.9 Å². The highest BCUT2D eigenvalue weighted by atomic mass is 16.5. The molecule has 1 N–H and O–H groups in total. The summed E-state index contributed by atoms with van der Waals surface area (Å²) in [5.41, 5.74) is 1.64. The summed E-state index contributed by atoms with van der Waals surface area (Å²) in [6.07, 6.45) is 0.405. The molecular formula is C18H19NO3. The average molecular weight is 297 g/mol. The quantitative estimate of drug-likeness (QED) is 0.944. The van der Waals surface area contributed by atoms with Crippen molar-refractivity contribution in [3.8, 4) is 5.75 Å². The van der Waals surface area contributed by atoms with Crippen molar-refractivity contribution in [3.63, 3.8) is 0 Å². The number of aliphatic hydroxyl groups is 1. The average Bonchev–Trinajstić information content (AvgIpc) is 2.56. The van der Waals surface area contributed by atoms with Crippen molar-refractivity contribution in [1.29, 1.82) is 0 Å². The number of hydrogen-bond donors (Lipinski definition) is 1. The summed E-state index contributed by atoms with van der Waals surface area (Å²) in [4.78, 5) is 14.2. The fraction of sp³-hybridized carbons (Fsp3) is 0.278. The standard InChI is InChI=1S/C18H19NO3/c20-17-10-12-19(16-9-5-4-8-15(16)17)18(21)11-13-22-14-6-2-1-3-7-14/h1-9,17,20H,10-13H2. The highest BCUT2D eigenvalue weighted by Crippen LogP contribution is 2.33. The van der Waals surface area contributed by atoms with Gasteiger partial charge in [0.05, 0.1) is 19.1 Å². The van der Waals surface area contributed by atoms with Gasteiger partial charge >= 0.3 is 0 Å². The van der Waals surface area contributed by atoms with E-state index in [1.165, 1.54) is 0 Å². The number of benzene rings is 2. The van der Waals surface area contributed by atoms with Gasteiger partial charge in [0.1, 0.15) is 5.75 Å². The summed E-state index contributed by atoms with van der Waals surface area (Å²) in [5, 5.41) is 10.0. The number of para-hydroxylation sites is 2. The van der Waals surface area contributed by atoms with Crippen molar-refractivity contribution in [2.75, 3.05) is 18.1 Å². The number of ether oxygens (including phenoxy) is 1. The summed E-state index contributed by atoms with van der Waals surface area (Å²) in [6.45, 7) is 0.895. The third-order valence-corrected chi connectivity index (χ3v) is 3.84. The normalized spacial score (nSPS) is 17.0. The zero-order chi connectivity index (χ0) is 15.4. The molecule has 0 aromatic heterocycles. The van der Waals surface area contributed by atoms with Crippen molar-refractivity contribution in [2.24, 2.45) is 0 Å². The number of fused-ring (bicyclic) bond motifs is 1. The SMILES string of the molecule is O=C(CCOc1ccccc1)N1CCC(O)c2ccccc21. The molecule has 1 unspecified atom stereocenters. The van der Waals surface area contributed by atoms with Gasteiger partial charge in [0.25, 0.3) is 0 Å². The van der Waals surface area contributed by atoms with Crippen LogP contribution in [-0.4, -0.2) is 24.2 Å². The van der Waals surface area contributed by atoms with E-state index >= 15 is 0 Å². The fourth-order valence-corrected chi connectivity index (χ4v) is 2.71. The van der Waals surface area contributed by atoms with Gasteiger partial charge in [-0.2, -0.15) is 0 Å². The van der Waals surface area contributed by atoms with Gasteiger partial charge in [-0.05, 0) is 24.6 Å². The Labute approximate surface area is 130 Å². The molecule has 1 aliphatic rings. The predicted octanol–water partition coefficient (Wildman–Crippen LogP) is 2.93. The molecule has 0 saturated carbocycles. The summed E-state index contributed by atoms with van der Waals surface area (Å²) >= 11 is 0. The van der Waals surface area contributed by atoms with Gasteiger partial charge in [0.2, 0.25) is 5.91 Å². The molecule has 0 spiro atoms. The van der Waals surface area contributed by atoms with E-state index in [9.17, 15) is 9.90 Å². The van der Waals surface area contributed by atoms with Crippen LogP contribution in [0.5, 0.6) is 5.75 Å². The van der Waals surface area contributed by atoms with Crippen LogP contribution in [0.25, 0.3) is 0 Å². The van der Waals surface area contributed by atoms with Crippen LogP contribution in [0.3, 0.4) is 0 Å². The Morgan fingerprint density at radius 1 is 1.14 bits per heavy atom. The molecule has 2 aromatic rings. The summed E-state index contributed by atoms with van der Waals surface area (Å²) in [7, 11) is 0. The van der Waals surface area contributed by atoms with Crippen LogP contribution in [0.4, 0.5) is 5.69 Å². The highest BCUT2D eigenvalue weighted by Gasteiger charge is 2.26. The molecule has 114 valence electrons. The molecule has 0 aliphatic carbocycles. The molecule has 1 atom stereocenters. The second-order valence-electron chi connectivity index (χ2n) is 5.32. The minimum atomic E-state index is -0.485. The third-order valence-electron chi connectivity index (χ3n) is 3.84. The Morgan fingerprint density at radius 2 is 1.86 bits per heavy atom. The number of anilines is 1. The number of nitrogens with zero attached hydrogens (tertiary/aromatic N) is 1. The van der Waals surface area contributed by atoms with E-state index in [4.69, 9.17) is 4.74 Å². The molecule has 1 heterocycles. The first-order valence-corrected chi connectivity index (χ1v) is 7.51. The van der Waals surface area contributed by atoms with Crippen LogP contribution in [-0.2, 0) is 4.79 Å². The van der Waals surface area contributed by atoms with Gasteiger partial charge in [0.15, 0.2) is 0 Å². The molecule has 4 heteroatoms. The smallest absolute Gasteiger partial charge is 0.230 e. The molecule has 1 amide bonds. The van der Waals surface area contributed by atoms with E-state index in [-0.39, 0.29) is 5.91 Å². The molecule has 3 rings (SSSR count). The molecule has 4 nitrogen and oxygen atoms in total. The second-order valence-corrected chi connectivity index (χ2v) is 5.32.